The molecule has 4 rings (SSSR count). The number of hydrogen-bond acceptors (Lipinski definition) is 4. The average molecular weight is 387 g/mol. The molecule has 3 aromatic rings. The van der Waals surface area contributed by atoms with E-state index in [0.29, 0.717) is 11.6 Å². The summed E-state index contributed by atoms with van der Waals surface area (Å²) in [4.78, 5) is 12.6. The van der Waals surface area contributed by atoms with Crippen LogP contribution in [0.5, 0.6) is 5.75 Å². The molecule has 138 valence electrons. The predicted molar refractivity (Wildman–Crippen MR) is 99.4 cm³/mol. The Morgan fingerprint density at radius 2 is 1.93 bits per heavy atom. The van der Waals surface area contributed by atoms with Gasteiger partial charge in [0.2, 0.25) is 0 Å². The van der Waals surface area contributed by atoms with Crippen molar-refractivity contribution in [3.63, 3.8) is 0 Å². The van der Waals surface area contributed by atoms with Gasteiger partial charge in [0.05, 0.1) is 18.5 Å². The molecular weight excluding hydrogens is 372 g/mol. The van der Waals surface area contributed by atoms with E-state index in [9.17, 15) is 13.6 Å². The van der Waals surface area contributed by atoms with Crippen molar-refractivity contribution in [1.29, 1.82) is 0 Å². The van der Waals surface area contributed by atoms with Gasteiger partial charge in [0, 0.05) is 22.6 Å². The number of benzene rings is 2. The zero-order chi connectivity index (χ0) is 19.0. The Hall–Kier alpha value is -2.87. The molecule has 0 aliphatic carbocycles. The van der Waals surface area contributed by atoms with Gasteiger partial charge in [-0.2, -0.15) is 16.9 Å². The second-order valence-electron chi connectivity index (χ2n) is 5.96. The van der Waals surface area contributed by atoms with Gasteiger partial charge in [-0.15, -0.1) is 0 Å². The molecule has 0 saturated heterocycles. The summed E-state index contributed by atoms with van der Waals surface area (Å²) >= 11 is 1.70. The van der Waals surface area contributed by atoms with Gasteiger partial charge >= 0.3 is 0 Å². The number of fused-ring (bicyclic) bond motifs is 1. The van der Waals surface area contributed by atoms with Crippen LogP contribution in [0.4, 0.5) is 14.6 Å². The number of aromatic nitrogens is 2. The van der Waals surface area contributed by atoms with E-state index in [1.165, 1.54) is 6.07 Å². The fraction of sp³-hybridized carbons (Fsp3) is 0.158. The largest absolute Gasteiger partial charge is 0.497 e. The van der Waals surface area contributed by atoms with Gasteiger partial charge in [-0.25, -0.2) is 13.5 Å². The zero-order valence-corrected chi connectivity index (χ0v) is 15.1. The SMILES string of the molecule is COc1ccc(-n2nc3c(c2NC(=O)c2ccc(F)c(F)c2)CSC3)cc1. The lowest BCUT2D eigenvalue weighted by Crippen LogP contribution is -2.16. The Balaban J connectivity index is 1.70. The molecule has 0 fully saturated rings. The lowest BCUT2D eigenvalue weighted by Gasteiger charge is -2.12. The maximum atomic E-state index is 13.5. The van der Waals surface area contributed by atoms with Gasteiger partial charge in [0.25, 0.3) is 5.91 Å². The molecule has 0 saturated carbocycles. The standard InChI is InChI=1S/C19H15F2N3O2S/c1-26-13-5-3-12(4-6-13)24-18(14-9-27-10-17(14)23-24)22-19(25)11-2-7-15(20)16(21)8-11/h2-8H,9-10H2,1H3,(H,22,25). The molecule has 1 N–H and O–H groups in total. The third-order valence-electron chi connectivity index (χ3n) is 4.28. The first kappa shape index (κ1) is 17.5. The molecule has 0 atom stereocenters. The van der Waals surface area contributed by atoms with Crippen molar-refractivity contribution in [3.8, 4) is 11.4 Å². The predicted octanol–water partition coefficient (Wildman–Crippen LogP) is 4.16. The summed E-state index contributed by atoms with van der Waals surface area (Å²) in [6.07, 6.45) is 0. The zero-order valence-electron chi connectivity index (χ0n) is 14.3. The Kier molecular flexibility index (Phi) is 4.57. The van der Waals surface area contributed by atoms with Gasteiger partial charge < -0.3 is 10.1 Å². The van der Waals surface area contributed by atoms with Gasteiger partial charge in [0.15, 0.2) is 11.6 Å². The van der Waals surface area contributed by atoms with E-state index >= 15 is 0 Å². The van der Waals surface area contributed by atoms with Crippen molar-refractivity contribution in [3.05, 3.63) is 70.9 Å². The third-order valence-corrected chi connectivity index (χ3v) is 5.25. The number of amides is 1. The molecule has 0 unspecified atom stereocenters. The number of thioether (sulfide) groups is 1. The Bertz CT molecular complexity index is 1020. The first-order valence-corrected chi connectivity index (χ1v) is 9.31. The van der Waals surface area contributed by atoms with Crippen molar-refractivity contribution < 1.29 is 18.3 Å². The Morgan fingerprint density at radius 3 is 2.63 bits per heavy atom. The quantitative estimate of drug-likeness (QED) is 0.730. The van der Waals surface area contributed by atoms with Gasteiger partial charge in [-0.3, -0.25) is 4.79 Å². The number of nitrogens with one attached hydrogen (secondary N) is 1. The normalized spacial score (nSPS) is 12.7. The van der Waals surface area contributed by atoms with E-state index in [1.807, 2.05) is 12.1 Å². The maximum absolute atomic E-state index is 13.5. The summed E-state index contributed by atoms with van der Waals surface area (Å²) in [6, 6.07) is 10.3. The molecule has 1 aliphatic rings. The summed E-state index contributed by atoms with van der Waals surface area (Å²) in [6.45, 7) is 0. The molecule has 1 aliphatic heterocycles. The molecule has 0 radical (unpaired) electrons. The molecule has 2 aromatic carbocycles. The van der Waals surface area contributed by atoms with Crippen LogP contribution < -0.4 is 10.1 Å². The number of nitrogens with zero attached hydrogens (tertiary/aromatic N) is 2. The van der Waals surface area contributed by atoms with Crippen molar-refractivity contribution >= 4 is 23.5 Å². The summed E-state index contributed by atoms with van der Waals surface area (Å²) < 4.78 is 33.4. The Morgan fingerprint density at radius 1 is 1.15 bits per heavy atom. The molecule has 0 spiro atoms. The minimum Gasteiger partial charge on any atom is -0.497 e. The van der Waals surface area contributed by atoms with Crippen molar-refractivity contribution in [2.75, 3.05) is 12.4 Å². The van der Waals surface area contributed by atoms with Crippen molar-refractivity contribution in [2.45, 2.75) is 11.5 Å². The highest BCUT2D eigenvalue weighted by molar-refractivity contribution is 7.98. The third kappa shape index (κ3) is 3.28. The van der Waals surface area contributed by atoms with Gasteiger partial charge in [-0.1, -0.05) is 0 Å². The number of carbonyl (C=O) groups is 1. The highest BCUT2D eigenvalue weighted by atomic mass is 32.2. The molecular formula is C19H15F2N3O2S. The van der Waals surface area contributed by atoms with E-state index in [2.05, 4.69) is 10.4 Å². The monoisotopic (exact) mass is 387 g/mol. The van der Waals surface area contributed by atoms with Crippen LogP contribution in [0.15, 0.2) is 42.5 Å². The molecule has 1 amide bonds. The fourth-order valence-electron chi connectivity index (χ4n) is 2.87. The average Bonchev–Trinajstić information content (AvgIpc) is 3.26. The highest BCUT2D eigenvalue weighted by Crippen LogP contribution is 2.36. The van der Waals surface area contributed by atoms with Crippen LogP contribution in [-0.2, 0) is 11.5 Å². The summed E-state index contributed by atoms with van der Waals surface area (Å²) in [5.74, 6) is 0.143. The fourth-order valence-corrected chi connectivity index (χ4v) is 3.90. The second kappa shape index (κ2) is 7.03. The molecule has 27 heavy (non-hydrogen) atoms. The van der Waals surface area contributed by atoms with Crippen LogP contribution in [0.2, 0.25) is 0 Å². The molecule has 2 heterocycles. The first-order chi connectivity index (χ1) is 13.1. The minimum atomic E-state index is -1.06. The van der Waals surface area contributed by atoms with Gasteiger partial charge in [0.1, 0.15) is 11.6 Å². The lowest BCUT2D eigenvalue weighted by molar-refractivity contribution is 0.102. The number of rotatable bonds is 4. The first-order valence-electron chi connectivity index (χ1n) is 8.16. The summed E-state index contributed by atoms with van der Waals surface area (Å²) in [7, 11) is 1.59. The number of halogens is 2. The van der Waals surface area contributed by atoms with Crippen LogP contribution in [0, 0.1) is 11.6 Å². The number of anilines is 1. The van der Waals surface area contributed by atoms with E-state index in [-0.39, 0.29) is 5.56 Å². The van der Waals surface area contributed by atoms with Crippen LogP contribution in [0.1, 0.15) is 21.6 Å². The van der Waals surface area contributed by atoms with Gasteiger partial charge in [-0.05, 0) is 42.5 Å². The van der Waals surface area contributed by atoms with Crippen LogP contribution in [0.3, 0.4) is 0 Å². The Labute approximate surface area is 158 Å². The molecule has 1 aromatic heterocycles. The minimum absolute atomic E-state index is 0.0378. The number of ether oxygens (including phenoxy) is 1. The molecule has 8 heteroatoms. The maximum Gasteiger partial charge on any atom is 0.256 e. The topological polar surface area (TPSA) is 56.1 Å². The highest BCUT2D eigenvalue weighted by Gasteiger charge is 2.25. The molecule has 5 nitrogen and oxygen atoms in total. The molecule has 0 bridgehead atoms. The van der Waals surface area contributed by atoms with Crippen molar-refractivity contribution in [2.24, 2.45) is 0 Å². The smallest absolute Gasteiger partial charge is 0.256 e. The van der Waals surface area contributed by atoms with E-state index in [1.54, 1.807) is 35.7 Å². The number of methoxy groups -OCH3 is 1. The van der Waals surface area contributed by atoms with E-state index in [0.717, 1.165) is 40.6 Å². The van der Waals surface area contributed by atoms with Crippen molar-refractivity contribution in [1.82, 2.24) is 9.78 Å². The summed E-state index contributed by atoms with van der Waals surface area (Å²) in [5.41, 5.74) is 2.63. The van der Waals surface area contributed by atoms with E-state index in [4.69, 9.17) is 4.74 Å². The van der Waals surface area contributed by atoms with E-state index < -0.39 is 17.5 Å². The lowest BCUT2D eigenvalue weighted by atomic mass is 10.2. The van der Waals surface area contributed by atoms with Crippen LogP contribution >= 0.6 is 11.8 Å². The van der Waals surface area contributed by atoms with Crippen LogP contribution in [0.25, 0.3) is 5.69 Å². The summed E-state index contributed by atoms with van der Waals surface area (Å²) in [5, 5.41) is 7.41. The van der Waals surface area contributed by atoms with Crippen LogP contribution in [-0.4, -0.2) is 22.8 Å². The number of carbonyl (C=O) groups excluding carboxylic acids is 1. The number of hydrogen-bond donors (Lipinski definition) is 1. The second-order valence-corrected chi connectivity index (χ2v) is 6.95.